The summed E-state index contributed by atoms with van der Waals surface area (Å²) in [5.41, 5.74) is 4.40. The minimum atomic E-state index is 0. The summed E-state index contributed by atoms with van der Waals surface area (Å²) >= 11 is 0. The summed E-state index contributed by atoms with van der Waals surface area (Å²) in [6.07, 6.45) is 0. The third kappa shape index (κ3) is 6.00. The Kier molecular flexibility index (Phi) is 9.12. The highest BCUT2D eigenvalue weighted by atomic mass is 127. The fourth-order valence-electron chi connectivity index (χ4n) is 2.59. The van der Waals surface area contributed by atoms with Crippen molar-refractivity contribution in [3.05, 3.63) is 47.3 Å². The van der Waals surface area contributed by atoms with E-state index >= 15 is 0 Å². The summed E-state index contributed by atoms with van der Waals surface area (Å²) in [6, 6.07) is 10.8. The molecule has 5 nitrogen and oxygen atoms in total. The first kappa shape index (κ1) is 22.5. The number of aryl methyl sites for hydroxylation is 2. The molecule has 0 amide bonds. The van der Waals surface area contributed by atoms with Crippen molar-refractivity contribution in [3.8, 4) is 5.69 Å². The number of benzene rings is 1. The van der Waals surface area contributed by atoms with Crippen LogP contribution in [0.5, 0.6) is 0 Å². The van der Waals surface area contributed by atoms with Gasteiger partial charge >= 0.3 is 0 Å². The van der Waals surface area contributed by atoms with Gasteiger partial charge in [0.05, 0.1) is 17.9 Å². The lowest BCUT2D eigenvalue weighted by molar-refractivity contribution is 0.481. The van der Waals surface area contributed by atoms with Crippen molar-refractivity contribution in [2.45, 2.75) is 54.1 Å². The highest BCUT2D eigenvalue weighted by molar-refractivity contribution is 14.0. The number of aliphatic imine (C=N–C) groups is 1. The fraction of sp³-hybridized carbons (Fsp3) is 0.500. The lowest BCUT2D eigenvalue weighted by Crippen LogP contribution is -2.44. The quantitative estimate of drug-likeness (QED) is 0.379. The first-order valence-corrected chi connectivity index (χ1v) is 9.08. The molecule has 0 fully saturated rings. The number of nitrogens with one attached hydrogen (secondary N) is 2. The standard InChI is InChI=1S/C20H31N5.HI/c1-7-21-20(23-17(6)14(2)3)22-13-18-10-8-9-11-19(18)25-16(5)12-15(4)24-25;/h8-12,14,17H,7,13H2,1-6H3,(H2,21,22,23);1H. The number of halogens is 1. The van der Waals surface area contributed by atoms with Gasteiger partial charge in [0, 0.05) is 18.3 Å². The molecule has 0 saturated carbocycles. The van der Waals surface area contributed by atoms with Gasteiger partial charge in [-0.15, -0.1) is 24.0 Å². The Hall–Kier alpha value is -1.57. The van der Waals surface area contributed by atoms with E-state index in [2.05, 4.69) is 74.6 Å². The Morgan fingerprint density at radius 2 is 1.88 bits per heavy atom. The molecule has 1 aromatic carbocycles. The van der Waals surface area contributed by atoms with Crippen molar-refractivity contribution < 1.29 is 0 Å². The first-order valence-electron chi connectivity index (χ1n) is 9.08. The molecule has 0 aliphatic heterocycles. The third-order valence-electron chi connectivity index (χ3n) is 4.35. The smallest absolute Gasteiger partial charge is 0.191 e. The average Bonchev–Trinajstić information content (AvgIpc) is 2.91. The van der Waals surface area contributed by atoms with Gasteiger partial charge in [-0.05, 0) is 51.3 Å². The average molecular weight is 469 g/mol. The molecule has 0 saturated heterocycles. The van der Waals surface area contributed by atoms with Crippen LogP contribution in [-0.4, -0.2) is 28.3 Å². The predicted molar refractivity (Wildman–Crippen MR) is 121 cm³/mol. The molecule has 2 aromatic rings. The molecule has 0 bridgehead atoms. The van der Waals surface area contributed by atoms with Crippen LogP contribution in [0.3, 0.4) is 0 Å². The van der Waals surface area contributed by atoms with E-state index < -0.39 is 0 Å². The summed E-state index contributed by atoms with van der Waals surface area (Å²) in [7, 11) is 0. The van der Waals surface area contributed by atoms with Crippen LogP contribution < -0.4 is 10.6 Å². The summed E-state index contributed by atoms with van der Waals surface area (Å²) in [5, 5.41) is 11.4. The SMILES string of the molecule is CCNC(=NCc1ccccc1-n1nc(C)cc1C)NC(C)C(C)C.I. The molecule has 0 aliphatic rings. The Bertz CT molecular complexity index is 721. The molecule has 1 aromatic heterocycles. The van der Waals surface area contributed by atoms with Gasteiger partial charge in [0.1, 0.15) is 0 Å². The molecule has 6 heteroatoms. The van der Waals surface area contributed by atoms with Gasteiger partial charge in [-0.2, -0.15) is 5.10 Å². The minimum Gasteiger partial charge on any atom is -0.357 e. The maximum absolute atomic E-state index is 4.78. The van der Waals surface area contributed by atoms with E-state index in [9.17, 15) is 0 Å². The van der Waals surface area contributed by atoms with E-state index in [1.807, 2.05) is 17.7 Å². The second kappa shape index (κ2) is 10.5. The highest BCUT2D eigenvalue weighted by Crippen LogP contribution is 2.17. The molecular weight excluding hydrogens is 437 g/mol. The largest absolute Gasteiger partial charge is 0.357 e. The van der Waals surface area contributed by atoms with Crippen molar-refractivity contribution in [2.24, 2.45) is 10.9 Å². The lowest BCUT2D eigenvalue weighted by Gasteiger charge is -2.21. The van der Waals surface area contributed by atoms with Crippen molar-refractivity contribution in [1.29, 1.82) is 0 Å². The molecule has 1 unspecified atom stereocenters. The highest BCUT2D eigenvalue weighted by Gasteiger charge is 2.11. The maximum atomic E-state index is 4.78. The molecule has 0 aliphatic carbocycles. The molecule has 1 heterocycles. The second-order valence-electron chi connectivity index (χ2n) is 6.84. The molecular formula is C20H32IN5. The number of nitrogens with zero attached hydrogens (tertiary/aromatic N) is 3. The molecule has 26 heavy (non-hydrogen) atoms. The monoisotopic (exact) mass is 469 g/mol. The van der Waals surface area contributed by atoms with Crippen molar-refractivity contribution in [1.82, 2.24) is 20.4 Å². The topological polar surface area (TPSA) is 54.2 Å². The number of para-hydroxylation sites is 1. The number of hydrogen-bond donors (Lipinski definition) is 2. The van der Waals surface area contributed by atoms with E-state index in [0.29, 0.717) is 18.5 Å². The van der Waals surface area contributed by atoms with Crippen molar-refractivity contribution >= 4 is 29.9 Å². The van der Waals surface area contributed by atoms with Crippen LogP contribution in [-0.2, 0) is 6.54 Å². The van der Waals surface area contributed by atoms with Gasteiger partial charge in [0.25, 0.3) is 0 Å². The van der Waals surface area contributed by atoms with E-state index in [4.69, 9.17) is 4.99 Å². The third-order valence-corrected chi connectivity index (χ3v) is 4.35. The zero-order valence-corrected chi connectivity index (χ0v) is 19.0. The molecule has 1 atom stereocenters. The van der Waals surface area contributed by atoms with Gasteiger partial charge in [-0.25, -0.2) is 9.67 Å². The van der Waals surface area contributed by atoms with Crippen molar-refractivity contribution in [3.63, 3.8) is 0 Å². The molecule has 0 spiro atoms. The van der Waals surface area contributed by atoms with Crippen LogP contribution in [0.4, 0.5) is 0 Å². The van der Waals surface area contributed by atoms with Crippen molar-refractivity contribution in [2.75, 3.05) is 6.54 Å². The second-order valence-corrected chi connectivity index (χ2v) is 6.84. The van der Waals surface area contributed by atoms with Crippen LogP contribution in [0.15, 0.2) is 35.3 Å². The maximum Gasteiger partial charge on any atom is 0.191 e. The molecule has 2 rings (SSSR count). The van der Waals surface area contributed by atoms with Gasteiger partial charge in [-0.3, -0.25) is 0 Å². The number of rotatable bonds is 6. The molecule has 0 radical (unpaired) electrons. The zero-order valence-electron chi connectivity index (χ0n) is 16.7. The van der Waals surface area contributed by atoms with Gasteiger partial charge < -0.3 is 10.6 Å². The Balaban J connectivity index is 0.00000338. The van der Waals surface area contributed by atoms with Gasteiger partial charge in [-0.1, -0.05) is 32.0 Å². The molecule has 2 N–H and O–H groups in total. The number of hydrogen-bond acceptors (Lipinski definition) is 2. The van der Waals surface area contributed by atoms with E-state index in [-0.39, 0.29) is 24.0 Å². The van der Waals surface area contributed by atoms with E-state index in [1.165, 1.54) is 0 Å². The fourth-order valence-corrected chi connectivity index (χ4v) is 2.59. The minimum absolute atomic E-state index is 0. The number of aromatic nitrogens is 2. The van der Waals surface area contributed by atoms with E-state index in [1.54, 1.807) is 0 Å². The zero-order chi connectivity index (χ0) is 18.4. The normalized spacial score (nSPS) is 12.7. The van der Waals surface area contributed by atoms with E-state index in [0.717, 1.165) is 35.1 Å². The Morgan fingerprint density at radius 3 is 2.46 bits per heavy atom. The lowest BCUT2D eigenvalue weighted by atomic mass is 10.1. The van der Waals surface area contributed by atoms with Gasteiger partial charge in [0.15, 0.2) is 5.96 Å². The summed E-state index contributed by atoms with van der Waals surface area (Å²) in [5.74, 6) is 1.40. The summed E-state index contributed by atoms with van der Waals surface area (Å²) in [4.78, 5) is 4.78. The summed E-state index contributed by atoms with van der Waals surface area (Å²) in [6.45, 7) is 14.2. The Morgan fingerprint density at radius 1 is 1.19 bits per heavy atom. The van der Waals surface area contributed by atoms with Crippen LogP contribution in [0.2, 0.25) is 0 Å². The number of guanidine groups is 1. The first-order chi connectivity index (χ1) is 11.9. The van der Waals surface area contributed by atoms with Crippen LogP contribution in [0.1, 0.15) is 44.6 Å². The van der Waals surface area contributed by atoms with Gasteiger partial charge in [0.2, 0.25) is 0 Å². The molecule has 144 valence electrons. The van der Waals surface area contributed by atoms with Crippen LogP contribution in [0.25, 0.3) is 5.69 Å². The van der Waals surface area contributed by atoms with Crippen LogP contribution >= 0.6 is 24.0 Å². The Labute approximate surface area is 174 Å². The predicted octanol–water partition coefficient (Wildman–Crippen LogP) is 4.21. The summed E-state index contributed by atoms with van der Waals surface area (Å²) < 4.78 is 2.00. The van der Waals surface area contributed by atoms with Crippen LogP contribution in [0, 0.1) is 19.8 Å².